The molecular formula is C20H24N2O3. The summed E-state index contributed by atoms with van der Waals surface area (Å²) in [7, 11) is 0. The zero-order valence-electron chi connectivity index (χ0n) is 15.4. The third-order valence-corrected chi connectivity index (χ3v) is 3.92. The minimum Gasteiger partial charge on any atom is -0.421 e. The summed E-state index contributed by atoms with van der Waals surface area (Å²) in [4.78, 5) is 21.3. The van der Waals surface area contributed by atoms with Crippen LogP contribution in [0.3, 0.4) is 0 Å². The predicted octanol–water partition coefficient (Wildman–Crippen LogP) is 4.12. The number of nitrogens with zero attached hydrogens (tertiary/aromatic N) is 2. The molecule has 0 N–H and O–H groups in total. The third-order valence-electron chi connectivity index (χ3n) is 3.92. The Morgan fingerprint density at radius 2 is 1.80 bits per heavy atom. The van der Waals surface area contributed by atoms with Crippen LogP contribution in [-0.4, -0.2) is 22.2 Å². The smallest absolute Gasteiger partial charge is 0.364 e. The second-order valence-corrected chi connectivity index (χ2v) is 8.19. The van der Waals surface area contributed by atoms with Crippen LogP contribution in [0.5, 0.6) is 0 Å². The summed E-state index contributed by atoms with van der Waals surface area (Å²) >= 11 is 0. The number of para-hydroxylation sites is 1. The van der Waals surface area contributed by atoms with Crippen molar-refractivity contribution in [1.29, 1.82) is 0 Å². The lowest BCUT2D eigenvalue weighted by atomic mass is 9.88. The molecular weight excluding hydrogens is 316 g/mol. The lowest BCUT2D eigenvalue weighted by Gasteiger charge is -2.29. The molecule has 0 aliphatic heterocycles. The molecule has 2 heterocycles. The highest BCUT2D eigenvalue weighted by molar-refractivity contribution is 5.99. The van der Waals surface area contributed by atoms with Crippen LogP contribution in [0.25, 0.3) is 22.0 Å². The first kappa shape index (κ1) is 17.5. The number of ether oxygens (including phenoxy) is 1. The first-order chi connectivity index (χ1) is 11.6. The van der Waals surface area contributed by atoms with Crippen molar-refractivity contribution in [2.45, 2.75) is 46.6 Å². The summed E-state index contributed by atoms with van der Waals surface area (Å²) in [5.41, 5.74) is 1.40. The molecule has 0 fully saturated rings. The molecule has 0 radical (unpaired) electrons. The highest BCUT2D eigenvalue weighted by Gasteiger charge is 2.24. The normalized spacial score (nSPS) is 12.8. The number of benzene rings is 1. The van der Waals surface area contributed by atoms with Crippen molar-refractivity contribution in [2.24, 2.45) is 5.41 Å². The van der Waals surface area contributed by atoms with Crippen LogP contribution in [0.15, 0.2) is 39.7 Å². The number of hydrogen-bond donors (Lipinski definition) is 0. The fourth-order valence-corrected chi connectivity index (χ4v) is 2.70. The van der Waals surface area contributed by atoms with E-state index in [4.69, 9.17) is 9.15 Å². The largest absolute Gasteiger partial charge is 0.421 e. The average molecular weight is 340 g/mol. The Labute approximate surface area is 147 Å². The summed E-state index contributed by atoms with van der Waals surface area (Å²) in [6, 6.07) is 7.37. The second kappa shape index (κ2) is 6.23. The highest BCUT2D eigenvalue weighted by atomic mass is 16.5. The highest BCUT2D eigenvalue weighted by Crippen LogP contribution is 2.25. The molecule has 5 nitrogen and oxygen atoms in total. The van der Waals surface area contributed by atoms with E-state index in [2.05, 4.69) is 23.8 Å². The van der Waals surface area contributed by atoms with Crippen molar-refractivity contribution in [1.82, 2.24) is 9.97 Å². The van der Waals surface area contributed by atoms with Gasteiger partial charge in [-0.2, -0.15) is 0 Å². The molecule has 0 spiro atoms. The van der Waals surface area contributed by atoms with E-state index in [1.54, 1.807) is 12.3 Å². The summed E-state index contributed by atoms with van der Waals surface area (Å²) in [5.74, 6) is 0. The summed E-state index contributed by atoms with van der Waals surface area (Å²) in [6.45, 7) is 10.9. The first-order valence-electron chi connectivity index (χ1n) is 8.46. The van der Waals surface area contributed by atoms with E-state index < -0.39 is 5.63 Å². The number of hydrogen-bond acceptors (Lipinski definition) is 5. The summed E-state index contributed by atoms with van der Waals surface area (Å²) < 4.78 is 11.3. The molecule has 0 aliphatic carbocycles. The molecule has 132 valence electrons. The van der Waals surface area contributed by atoms with Gasteiger partial charge in [-0.1, -0.05) is 26.0 Å². The Hall–Kier alpha value is -2.27. The minimum atomic E-state index is -0.452. The lowest BCUT2D eigenvalue weighted by Crippen LogP contribution is -2.30. The van der Waals surface area contributed by atoms with E-state index in [-0.39, 0.29) is 16.5 Å². The molecule has 0 unspecified atom stereocenters. The SMILES string of the molecule is CC(C)(COC(C)(C)C)Cc1cnc2c(n1)c(=O)oc1ccccc12. The maximum Gasteiger partial charge on any atom is 0.364 e. The van der Waals surface area contributed by atoms with Crippen LogP contribution in [0.4, 0.5) is 0 Å². The maximum atomic E-state index is 12.3. The molecule has 1 aromatic carbocycles. The summed E-state index contributed by atoms with van der Waals surface area (Å²) in [6.07, 6.45) is 2.41. The van der Waals surface area contributed by atoms with E-state index in [0.717, 1.165) is 11.1 Å². The van der Waals surface area contributed by atoms with Crippen molar-refractivity contribution in [3.8, 4) is 0 Å². The first-order valence-corrected chi connectivity index (χ1v) is 8.46. The van der Waals surface area contributed by atoms with Crippen molar-refractivity contribution >= 4 is 22.0 Å². The zero-order valence-corrected chi connectivity index (χ0v) is 15.4. The van der Waals surface area contributed by atoms with E-state index >= 15 is 0 Å². The molecule has 25 heavy (non-hydrogen) atoms. The Balaban J connectivity index is 1.95. The van der Waals surface area contributed by atoms with Crippen LogP contribution in [-0.2, 0) is 11.2 Å². The number of rotatable bonds is 4. The number of fused-ring (bicyclic) bond motifs is 3. The van der Waals surface area contributed by atoms with Crippen molar-refractivity contribution in [3.63, 3.8) is 0 Å². The molecule has 0 amide bonds. The third kappa shape index (κ3) is 4.04. The second-order valence-electron chi connectivity index (χ2n) is 8.19. The van der Waals surface area contributed by atoms with Crippen LogP contribution < -0.4 is 5.63 Å². The quantitative estimate of drug-likeness (QED) is 0.528. The van der Waals surface area contributed by atoms with E-state index in [0.29, 0.717) is 24.1 Å². The van der Waals surface area contributed by atoms with Crippen LogP contribution in [0.1, 0.15) is 40.3 Å². The Kier molecular flexibility index (Phi) is 4.37. The van der Waals surface area contributed by atoms with E-state index in [9.17, 15) is 4.79 Å². The topological polar surface area (TPSA) is 65.2 Å². The van der Waals surface area contributed by atoms with Gasteiger partial charge in [-0.25, -0.2) is 9.78 Å². The summed E-state index contributed by atoms with van der Waals surface area (Å²) in [5, 5.41) is 0.798. The van der Waals surface area contributed by atoms with Gasteiger partial charge in [0.2, 0.25) is 0 Å². The monoisotopic (exact) mass is 340 g/mol. The van der Waals surface area contributed by atoms with Crippen molar-refractivity contribution in [3.05, 3.63) is 46.6 Å². The van der Waals surface area contributed by atoms with E-state index in [1.807, 2.05) is 39.0 Å². The molecule has 0 bridgehead atoms. The van der Waals surface area contributed by atoms with Gasteiger partial charge in [-0.15, -0.1) is 0 Å². The van der Waals surface area contributed by atoms with Crippen LogP contribution >= 0.6 is 0 Å². The molecule has 0 saturated carbocycles. The Bertz CT molecular complexity index is 968. The van der Waals surface area contributed by atoms with Gasteiger partial charge in [-0.05, 0) is 44.7 Å². The molecule has 0 atom stereocenters. The van der Waals surface area contributed by atoms with Gasteiger partial charge in [0, 0.05) is 11.6 Å². The fourth-order valence-electron chi connectivity index (χ4n) is 2.70. The lowest BCUT2D eigenvalue weighted by molar-refractivity contribution is -0.0429. The molecule has 3 rings (SSSR count). The van der Waals surface area contributed by atoms with Gasteiger partial charge in [0.15, 0.2) is 5.52 Å². The zero-order chi connectivity index (χ0) is 18.2. The average Bonchev–Trinajstić information content (AvgIpc) is 2.53. The molecule has 2 aromatic heterocycles. The van der Waals surface area contributed by atoms with Gasteiger partial charge >= 0.3 is 5.63 Å². The van der Waals surface area contributed by atoms with Gasteiger partial charge in [0.05, 0.1) is 17.9 Å². The molecule has 0 saturated heterocycles. The fraction of sp³-hybridized carbons (Fsp3) is 0.450. The maximum absolute atomic E-state index is 12.3. The van der Waals surface area contributed by atoms with E-state index in [1.165, 1.54) is 0 Å². The van der Waals surface area contributed by atoms with Gasteiger partial charge < -0.3 is 9.15 Å². The van der Waals surface area contributed by atoms with Gasteiger partial charge in [0.1, 0.15) is 11.1 Å². The van der Waals surface area contributed by atoms with Gasteiger partial charge in [-0.3, -0.25) is 4.98 Å². The standard InChI is InChI=1S/C20H24N2O3/c1-19(2,3)24-12-20(4,5)10-13-11-21-16-14-8-6-7-9-15(14)25-18(23)17(16)22-13/h6-9,11H,10,12H2,1-5H3. The molecule has 5 heteroatoms. The van der Waals surface area contributed by atoms with Crippen LogP contribution in [0, 0.1) is 5.41 Å². The Morgan fingerprint density at radius 1 is 1.08 bits per heavy atom. The number of aromatic nitrogens is 2. The van der Waals surface area contributed by atoms with Crippen molar-refractivity contribution in [2.75, 3.05) is 6.61 Å². The minimum absolute atomic E-state index is 0.118. The predicted molar refractivity (Wildman–Crippen MR) is 98.8 cm³/mol. The molecule has 3 aromatic rings. The van der Waals surface area contributed by atoms with Crippen LogP contribution in [0.2, 0.25) is 0 Å². The van der Waals surface area contributed by atoms with Gasteiger partial charge in [0.25, 0.3) is 0 Å². The molecule has 0 aliphatic rings. The Morgan fingerprint density at radius 3 is 2.52 bits per heavy atom. The van der Waals surface area contributed by atoms with Crippen molar-refractivity contribution < 1.29 is 9.15 Å².